The molecule has 0 amide bonds. The van der Waals surface area contributed by atoms with E-state index in [4.69, 9.17) is 21.4 Å². The molecule has 4 nitrogen and oxygen atoms in total. The minimum atomic E-state index is -1.04. The highest BCUT2D eigenvalue weighted by molar-refractivity contribution is 6.30. The van der Waals surface area contributed by atoms with E-state index < -0.39 is 5.97 Å². The van der Waals surface area contributed by atoms with E-state index in [1.54, 1.807) is 18.2 Å². The molecular formula is C14H12ClNO3. The lowest BCUT2D eigenvalue weighted by molar-refractivity contribution is 0.0688. The maximum atomic E-state index is 10.8. The van der Waals surface area contributed by atoms with Gasteiger partial charge in [-0.2, -0.15) is 0 Å². The molecule has 0 aliphatic heterocycles. The van der Waals surface area contributed by atoms with Gasteiger partial charge < -0.3 is 9.84 Å². The fourth-order valence-electron chi connectivity index (χ4n) is 1.58. The van der Waals surface area contributed by atoms with Crippen molar-refractivity contribution in [1.82, 2.24) is 4.98 Å². The highest BCUT2D eigenvalue weighted by atomic mass is 35.5. The molecule has 0 unspecified atom stereocenters. The Morgan fingerprint density at radius 1 is 1.21 bits per heavy atom. The largest absolute Gasteiger partial charge is 0.477 e. The second kappa shape index (κ2) is 6.31. The lowest BCUT2D eigenvalue weighted by atomic mass is 10.2. The van der Waals surface area contributed by atoms with Crippen LogP contribution in [0.4, 0.5) is 0 Å². The average Bonchev–Trinajstić information content (AvgIpc) is 2.39. The first kappa shape index (κ1) is 13.5. The molecular weight excluding hydrogens is 266 g/mol. The van der Waals surface area contributed by atoms with Gasteiger partial charge in [0, 0.05) is 5.02 Å². The number of benzene rings is 1. The summed E-state index contributed by atoms with van der Waals surface area (Å²) in [7, 11) is 0. The molecule has 0 spiro atoms. The molecule has 1 aromatic heterocycles. The first-order valence-electron chi connectivity index (χ1n) is 5.66. The molecule has 0 bridgehead atoms. The Balaban J connectivity index is 1.92. The Labute approximate surface area is 115 Å². The summed E-state index contributed by atoms with van der Waals surface area (Å²) in [6.07, 6.45) is 0. The second-order valence-corrected chi connectivity index (χ2v) is 4.38. The summed E-state index contributed by atoms with van der Waals surface area (Å²) in [5.41, 5.74) is 1.56. The molecule has 98 valence electrons. The molecule has 1 N–H and O–H groups in total. The highest BCUT2D eigenvalue weighted by Gasteiger charge is 2.05. The van der Waals surface area contributed by atoms with Crippen molar-refractivity contribution in [3.05, 3.63) is 64.4 Å². The molecule has 0 saturated heterocycles. The Hall–Kier alpha value is -1.91. The van der Waals surface area contributed by atoms with Crippen LogP contribution in [0, 0.1) is 0 Å². The van der Waals surface area contributed by atoms with Crippen molar-refractivity contribution in [1.29, 1.82) is 0 Å². The number of rotatable bonds is 5. The van der Waals surface area contributed by atoms with Crippen LogP contribution in [0.3, 0.4) is 0 Å². The smallest absolute Gasteiger partial charge is 0.354 e. The maximum Gasteiger partial charge on any atom is 0.354 e. The molecule has 0 fully saturated rings. The summed E-state index contributed by atoms with van der Waals surface area (Å²) in [6, 6.07) is 12.2. The molecule has 1 aromatic carbocycles. The third-order valence-electron chi connectivity index (χ3n) is 2.43. The van der Waals surface area contributed by atoms with E-state index in [-0.39, 0.29) is 12.3 Å². The van der Waals surface area contributed by atoms with Crippen molar-refractivity contribution in [2.75, 3.05) is 0 Å². The SMILES string of the molecule is O=C(O)c1cccc(COCc2cccc(Cl)c2)n1. The number of nitrogens with zero attached hydrogens (tertiary/aromatic N) is 1. The Morgan fingerprint density at radius 2 is 2.00 bits per heavy atom. The van der Waals surface area contributed by atoms with Crippen LogP contribution in [-0.2, 0) is 18.0 Å². The van der Waals surface area contributed by atoms with Crippen molar-refractivity contribution < 1.29 is 14.6 Å². The highest BCUT2D eigenvalue weighted by Crippen LogP contribution is 2.12. The molecule has 1 heterocycles. The predicted octanol–water partition coefficient (Wildman–Crippen LogP) is 3.15. The number of ether oxygens (including phenoxy) is 1. The van der Waals surface area contributed by atoms with Crippen LogP contribution >= 0.6 is 11.6 Å². The lowest BCUT2D eigenvalue weighted by Gasteiger charge is -2.05. The number of hydrogen-bond donors (Lipinski definition) is 1. The van der Waals surface area contributed by atoms with Crippen molar-refractivity contribution in [3.8, 4) is 0 Å². The van der Waals surface area contributed by atoms with E-state index in [1.807, 2.05) is 18.2 Å². The van der Waals surface area contributed by atoms with Crippen LogP contribution in [-0.4, -0.2) is 16.1 Å². The second-order valence-electron chi connectivity index (χ2n) is 3.94. The van der Waals surface area contributed by atoms with Crippen LogP contribution < -0.4 is 0 Å². The van der Waals surface area contributed by atoms with Gasteiger partial charge >= 0.3 is 5.97 Å². The van der Waals surface area contributed by atoms with Gasteiger partial charge in [0.25, 0.3) is 0 Å². The van der Waals surface area contributed by atoms with E-state index in [0.29, 0.717) is 17.3 Å². The zero-order chi connectivity index (χ0) is 13.7. The number of aromatic nitrogens is 1. The van der Waals surface area contributed by atoms with Gasteiger partial charge in [-0.1, -0.05) is 29.8 Å². The molecule has 2 rings (SSSR count). The summed E-state index contributed by atoms with van der Waals surface area (Å²) in [5, 5.41) is 9.48. The quantitative estimate of drug-likeness (QED) is 0.912. The van der Waals surface area contributed by atoms with Gasteiger partial charge in [-0.25, -0.2) is 9.78 Å². The first-order valence-corrected chi connectivity index (χ1v) is 6.04. The Morgan fingerprint density at radius 3 is 2.74 bits per heavy atom. The van der Waals surface area contributed by atoms with Crippen molar-refractivity contribution in [3.63, 3.8) is 0 Å². The van der Waals surface area contributed by atoms with E-state index in [2.05, 4.69) is 4.98 Å². The predicted molar refractivity (Wildman–Crippen MR) is 71.1 cm³/mol. The van der Waals surface area contributed by atoms with E-state index >= 15 is 0 Å². The van der Waals surface area contributed by atoms with Gasteiger partial charge in [0.2, 0.25) is 0 Å². The number of carboxylic acids is 1. The molecule has 0 aliphatic rings. The van der Waals surface area contributed by atoms with E-state index in [1.165, 1.54) is 6.07 Å². The summed E-state index contributed by atoms with van der Waals surface area (Å²) in [4.78, 5) is 14.7. The van der Waals surface area contributed by atoms with E-state index in [0.717, 1.165) is 5.56 Å². The normalized spacial score (nSPS) is 10.4. The zero-order valence-corrected chi connectivity index (χ0v) is 10.8. The van der Waals surface area contributed by atoms with Gasteiger partial charge in [-0.05, 0) is 29.8 Å². The maximum absolute atomic E-state index is 10.8. The number of aromatic carboxylic acids is 1. The van der Waals surface area contributed by atoms with Crippen molar-refractivity contribution in [2.24, 2.45) is 0 Å². The van der Waals surface area contributed by atoms with Crippen molar-refractivity contribution >= 4 is 17.6 Å². The summed E-state index contributed by atoms with van der Waals surface area (Å²) in [5.74, 6) is -1.04. The minimum Gasteiger partial charge on any atom is -0.477 e. The average molecular weight is 278 g/mol. The van der Waals surface area contributed by atoms with Crippen molar-refractivity contribution in [2.45, 2.75) is 13.2 Å². The topological polar surface area (TPSA) is 59.4 Å². The third kappa shape index (κ3) is 4.05. The number of carboxylic acid groups (broad SMARTS) is 1. The number of hydrogen-bond acceptors (Lipinski definition) is 3. The van der Waals surface area contributed by atoms with Crippen LogP contribution in [0.2, 0.25) is 5.02 Å². The van der Waals surface area contributed by atoms with Gasteiger partial charge in [-0.3, -0.25) is 0 Å². The molecule has 0 atom stereocenters. The summed E-state index contributed by atoms with van der Waals surface area (Å²) in [6.45, 7) is 0.660. The van der Waals surface area contributed by atoms with Crippen LogP contribution in [0.25, 0.3) is 0 Å². The fraction of sp³-hybridized carbons (Fsp3) is 0.143. The lowest BCUT2D eigenvalue weighted by Crippen LogP contribution is -2.03. The standard InChI is InChI=1S/C14H12ClNO3/c15-11-4-1-3-10(7-11)8-19-9-12-5-2-6-13(16-12)14(17)18/h1-7H,8-9H2,(H,17,18). The Kier molecular flexibility index (Phi) is 4.49. The van der Waals surface area contributed by atoms with Crippen LogP contribution in [0.1, 0.15) is 21.7 Å². The van der Waals surface area contributed by atoms with Gasteiger partial charge in [-0.15, -0.1) is 0 Å². The molecule has 0 saturated carbocycles. The van der Waals surface area contributed by atoms with Gasteiger partial charge in [0.1, 0.15) is 5.69 Å². The third-order valence-corrected chi connectivity index (χ3v) is 2.67. The van der Waals surface area contributed by atoms with Crippen LogP contribution in [0.15, 0.2) is 42.5 Å². The summed E-state index contributed by atoms with van der Waals surface area (Å²) < 4.78 is 5.48. The number of halogens is 1. The van der Waals surface area contributed by atoms with E-state index in [9.17, 15) is 4.79 Å². The molecule has 5 heteroatoms. The minimum absolute atomic E-state index is 0.0175. The van der Waals surface area contributed by atoms with Crippen LogP contribution in [0.5, 0.6) is 0 Å². The molecule has 0 radical (unpaired) electrons. The summed E-state index contributed by atoms with van der Waals surface area (Å²) >= 11 is 5.86. The molecule has 0 aliphatic carbocycles. The number of carbonyl (C=O) groups is 1. The monoisotopic (exact) mass is 277 g/mol. The molecule has 2 aromatic rings. The Bertz CT molecular complexity index is 586. The first-order chi connectivity index (χ1) is 9.15. The fourth-order valence-corrected chi connectivity index (χ4v) is 1.79. The number of pyridine rings is 1. The molecule has 19 heavy (non-hydrogen) atoms. The van der Waals surface area contributed by atoms with Gasteiger partial charge in [0.15, 0.2) is 0 Å². The van der Waals surface area contributed by atoms with Gasteiger partial charge in [0.05, 0.1) is 18.9 Å². The zero-order valence-electron chi connectivity index (χ0n) is 10.0.